The smallest absolute Gasteiger partial charge is 0.406 e. The molecule has 0 bridgehead atoms. The van der Waals surface area contributed by atoms with Crippen molar-refractivity contribution < 1.29 is 22.7 Å². The third-order valence-corrected chi connectivity index (χ3v) is 7.80. The summed E-state index contributed by atoms with van der Waals surface area (Å²) >= 11 is 6.86. The molecule has 44 heavy (non-hydrogen) atoms. The molecule has 0 unspecified atom stereocenters. The summed E-state index contributed by atoms with van der Waals surface area (Å²) < 4.78 is 42.7. The zero-order valence-electron chi connectivity index (χ0n) is 23.8. The van der Waals surface area contributed by atoms with Gasteiger partial charge in [0.2, 0.25) is 5.91 Å². The third kappa shape index (κ3) is 8.03. The molecule has 1 N–H and O–H groups in total. The molecule has 0 spiro atoms. The number of benzene rings is 3. The first-order valence-electron chi connectivity index (χ1n) is 14.0. The maximum absolute atomic E-state index is 12.7. The van der Waals surface area contributed by atoms with Crippen LogP contribution in [-0.4, -0.2) is 49.6 Å². The number of thioether (sulfide) groups is 1. The molecule has 1 amide bonds. The van der Waals surface area contributed by atoms with Crippen LogP contribution in [0.5, 0.6) is 5.75 Å². The van der Waals surface area contributed by atoms with Gasteiger partial charge < -0.3 is 10.1 Å². The van der Waals surface area contributed by atoms with Crippen LogP contribution in [0, 0.1) is 0 Å². The van der Waals surface area contributed by atoms with E-state index in [2.05, 4.69) is 32.1 Å². The van der Waals surface area contributed by atoms with Gasteiger partial charge in [0.25, 0.3) is 0 Å². The molecule has 1 aliphatic rings. The lowest BCUT2D eigenvalue weighted by Crippen LogP contribution is -2.32. The molecule has 0 saturated carbocycles. The average molecular weight is 639 g/mol. The number of hydrogen-bond donors (Lipinski definition) is 1. The molecule has 13 heteroatoms. The number of aromatic nitrogens is 3. The second-order valence-corrected chi connectivity index (χ2v) is 11.2. The zero-order valence-corrected chi connectivity index (χ0v) is 25.4. The van der Waals surface area contributed by atoms with E-state index in [0.29, 0.717) is 34.1 Å². The molecule has 1 saturated heterocycles. The Kier molecular flexibility index (Phi) is 9.95. The fourth-order valence-electron chi connectivity index (χ4n) is 4.69. The second-order valence-electron chi connectivity index (χ2n) is 9.88. The summed E-state index contributed by atoms with van der Waals surface area (Å²) in [5.41, 5.74) is 4.42. The number of amides is 1. The zero-order chi connectivity index (χ0) is 31.1. The van der Waals surface area contributed by atoms with Gasteiger partial charge >= 0.3 is 6.36 Å². The van der Waals surface area contributed by atoms with Crippen molar-refractivity contribution in [3.8, 4) is 22.8 Å². The first-order chi connectivity index (χ1) is 21.2. The highest BCUT2D eigenvalue weighted by Gasteiger charge is 2.32. The molecule has 1 aromatic heterocycles. The van der Waals surface area contributed by atoms with Crippen LogP contribution in [0.3, 0.4) is 0 Å². The van der Waals surface area contributed by atoms with Crippen molar-refractivity contribution in [2.75, 3.05) is 17.2 Å². The molecule has 8 nitrogen and oxygen atoms in total. The number of halogens is 3. The predicted octanol–water partition coefficient (Wildman–Crippen LogP) is 6.73. The van der Waals surface area contributed by atoms with Crippen molar-refractivity contribution in [1.29, 1.82) is 0 Å². The van der Waals surface area contributed by atoms with Gasteiger partial charge in [-0.1, -0.05) is 61.5 Å². The molecule has 0 aliphatic carbocycles. The topological polar surface area (TPSA) is 84.6 Å². The lowest BCUT2D eigenvalue weighted by molar-refractivity contribution is -0.274. The molecular weight excluding hydrogens is 610 g/mol. The summed E-state index contributed by atoms with van der Waals surface area (Å²) in [5, 5.41) is 8.59. The van der Waals surface area contributed by atoms with Crippen molar-refractivity contribution in [3.05, 3.63) is 90.3 Å². The molecule has 2 heterocycles. The fraction of sp³-hybridized carbons (Fsp3) is 0.258. The summed E-state index contributed by atoms with van der Waals surface area (Å²) in [7, 11) is 0. The highest BCUT2D eigenvalue weighted by Crippen LogP contribution is 2.30. The van der Waals surface area contributed by atoms with Gasteiger partial charge in [-0.2, -0.15) is 4.99 Å². The highest BCUT2D eigenvalue weighted by atomic mass is 32.2. The normalized spacial score (nSPS) is 14.3. The standard InChI is InChI=1S/C31H29F3N6O2S2/c1-2-7-22-10-3-4-12-26(22)40-27(41)19-44-30(40)37-29(43)35-17-6-9-21-8-5-11-23(18-21)28-36-20-39(38-28)24-13-15-25(16-14-24)42-31(32,33)34/h3-5,8,10-16,18,20H,2,6-7,9,17,19H2,1H3,(H,35,43). The number of aryl methyl sites for hydroxylation is 2. The number of nitrogens with zero attached hydrogens (tertiary/aromatic N) is 5. The number of amidine groups is 1. The Hall–Kier alpha value is -4.23. The van der Waals surface area contributed by atoms with Crippen LogP contribution in [-0.2, 0) is 17.6 Å². The Bertz CT molecular complexity index is 1660. The van der Waals surface area contributed by atoms with Crippen LogP contribution < -0.4 is 15.0 Å². The summed E-state index contributed by atoms with van der Waals surface area (Å²) in [6, 6.07) is 21.2. The minimum absolute atomic E-state index is 0.00672. The maximum Gasteiger partial charge on any atom is 0.573 e. The van der Waals surface area contributed by atoms with Gasteiger partial charge in [0.05, 0.1) is 17.1 Å². The summed E-state index contributed by atoms with van der Waals surface area (Å²) in [6.07, 6.45) is 0.167. The Morgan fingerprint density at radius 1 is 1.09 bits per heavy atom. The average Bonchev–Trinajstić information content (AvgIpc) is 3.63. The largest absolute Gasteiger partial charge is 0.573 e. The van der Waals surface area contributed by atoms with Crippen molar-refractivity contribution in [1.82, 2.24) is 20.1 Å². The minimum atomic E-state index is -4.75. The highest BCUT2D eigenvalue weighted by molar-refractivity contribution is 8.15. The van der Waals surface area contributed by atoms with E-state index in [1.165, 1.54) is 47.0 Å². The van der Waals surface area contributed by atoms with Crippen LogP contribution in [0.25, 0.3) is 17.1 Å². The first kappa shape index (κ1) is 31.2. The van der Waals surface area contributed by atoms with E-state index >= 15 is 0 Å². The molecule has 5 rings (SSSR count). The first-order valence-corrected chi connectivity index (χ1v) is 15.4. The molecular formula is C31H29F3N6O2S2. The Labute approximate surface area is 262 Å². The van der Waals surface area contributed by atoms with E-state index in [4.69, 9.17) is 12.2 Å². The number of hydrogen-bond acceptors (Lipinski definition) is 6. The Morgan fingerprint density at radius 3 is 2.66 bits per heavy atom. The number of nitrogens with one attached hydrogen (secondary N) is 1. The SMILES string of the molecule is CCCc1ccccc1N1C(=O)CSC1=NC(=S)NCCCc1cccc(-c2ncn(-c3ccc(OC(F)(F)F)cc3)n2)c1. The summed E-state index contributed by atoms with van der Waals surface area (Å²) in [6.45, 7) is 2.71. The van der Waals surface area contributed by atoms with Gasteiger partial charge in [-0.15, -0.1) is 18.3 Å². The third-order valence-electron chi connectivity index (χ3n) is 6.64. The molecule has 228 valence electrons. The van der Waals surface area contributed by atoms with Crippen molar-refractivity contribution in [2.24, 2.45) is 4.99 Å². The molecule has 0 atom stereocenters. The van der Waals surface area contributed by atoms with Crippen LogP contribution in [0.2, 0.25) is 0 Å². The van der Waals surface area contributed by atoms with Gasteiger partial charge in [-0.3, -0.25) is 9.69 Å². The number of para-hydroxylation sites is 1. The van der Waals surface area contributed by atoms with Gasteiger partial charge in [0, 0.05) is 12.1 Å². The van der Waals surface area contributed by atoms with E-state index < -0.39 is 6.36 Å². The van der Waals surface area contributed by atoms with Crippen LogP contribution >= 0.6 is 24.0 Å². The molecule has 1 fully saturated rings. The van der Waals surface area contributed by atoms with Gasteiger partial charge in [0.15, 0.2) is 16.1 Å². The lowest BCUT2D eigenvalue weighted by atomic mass is 10.1. The van der Waals surface area contributed by atoms with Crippen LogP contribution in [0.4, 0.5) is 18.9 Å². The number of carbonyl (C=O) groups is 1. The Morgan fingerprint density at radius 2 is 1.89 bits per heavy atom. The molecule has 3 aromatic carbocycles. The predicted molar refractivity (Wildman–Crippen MR) is 170 cm³/mol. The van der Waals surface area contributed by atoms with Crippen molar-refractivity contribution >= 4 is 45.9 Å². The number of thiocarbonyl (C=S) groups is 1. The van der Waals surface area contributed by atoms with Gasteiger partial charge in [-0.05, 0) is 79.0 Å². The quantitative estimate of drug-likeness (QED) is 0.152. The fourth-order valence-corrected chi connectivity index (χ4v) is 5.80. The summed E-state index contributed by atoms with van der Waals surface area (Å²) in [5.74, 6) is 0.507. The van der Waals surface area contributed by atoms with Gasteiger partial charge in [0.1, 0.15) is 12.1 Å². The number of ether oxygens (including phenoxy) is 1. The summed E-state index contributed by atoms with van der Waals surface area (Å²) in [4.78, 5) is 23.3. The number of anilines is 1. The van der Waals surface area contributed by atoms with E-state index in [1.807, 2.05) is 48.5 Å². The lowest BCUT2D eigenvalue weighted by Gasteiger charge is -2.19. The molecule has 0 radical (unpaired) electrons. The monoisotopic (exact) mass is 638 g/mol. The van der Waals surface area contributed by atoms with E-state index in [-0.39, 0.29) is 11.7 Å². The number of aliphatic imine (C=N–C) groups is 1. The Balaban J connectivity index is 1.15. The van der Waals surface area contributed by atoms with E-state index in [9.17, 15) is 18.0 Å². The second kappa shape index (κ2) is 14.0. The molecule has 4 aromatic rings. The number of rotatable bonds is 10. The van der Waals surface area contributed by atoms with Crippen molar-refractivity contribution in [3.63, 3.8) is 0 Å². The van der Waals surface area contributed by atoms with Crippen molar-refractivity contribution in [2.45, 2.75) is 39.0 Å². The van der Waals surface area contributed by atoms with Crippen LogP contribution in [0.1, 0.15) is 30.9 Å². The maximum atomic E-state index is 12.7. The number of alkyl halides is 3. The van der Waals surface area contributed by atoms with Gasteiger partial charge in [-0.25, -0.2) is 9.67 Å². The number of carbonyl (C=O) groups excluding carboxylic acids is 1. The minimum Gasteiger partial charge on any atom is -0.406 e. The van der Waals surface area contributed by atoms with Crippen LogP contribution in [0.15, 0.2) is 84.1 Å². The van der Waals surface area contributed by atoms with E-state index in [0.717, 1.165) is 48.1 Å². The van der Waals surface area contributed by atoms with E-state index in [1.54, 1.807) is 4.90 Å². The molecule has 1 aliphatic heterocycles.